The van der Waals surface area contributed by atoms with Crippen molar-refractivity contribution in [2.45, 2.75) is 123 Å². The smallest absolute Gasteiger partial charge is 0.222 e. The van der Waals surface area contributed by atoms with Crippen LogP contribution in [0.5, 0.6) is 0 Å². The largest absolute Gasteiger partial charge is 0.387 e. The van der Waals surface area contributed by atoms with Crippen molar-refractivity contribution < 1.29 is 9.59 Å². The highest BCUT2D eigenvalue weighted by atomic mass is 32.1. The Hall–Kier alpha value is -2.81. The number of amides is 1. The van der Waals surface area contributed by atoms with Crippen LogP contribution in [0.15, 0.2) is 71.5 Å². The van der Waals surface area contributed by atoms with Gasteiger partial charge in [-0.15, -0.1) is 0 Å². The summed E-state index contributed by atoms with van der Waals surface area (Å²) in [6, 6.07) is -0.265. The van der Waals surface area contributed by atoms with Crippen LogP contribution in [0, 0.1) is 5.92 Å². The second-order valence-corrected chi connectivity index (χ2v) is 12.9. The van der Waals surface area contributed by atoms with Crippen molar-refractivity contribution in [3.63, 3.8) is 0 Å². The Labute approximate surface area is 286 Å². The molecule has 0 aromatic heterocycles. The summed E-state index contributed by atoms with van der Waals surface area (Å²) in [5.41, 5.74) is 11.2. The van der Waals surface area contributed by atoms with E-state index in [1.807, 2.05) is 39.8 Å². The van der Waals surface area contributed by atoms with E-state index in [1.54, 1.807) is 0 Å². The normalized spacial score (nSPS) is 20.4. The van der Waals surface area contributed by atoms with E-state index in [-0.39, 0.29) is 30.3 Å². The van der Waals surface area contributed by atoms with Gasteiger partial charge < -0.3 is 26.5 Å². The third-order valence-corrected chi connectivity index (χ3v) is 8.79. The second-order valence-electron chi connectivity index (χ2n) is 12.3. The van der Waals surface area contributed by atoms with E-state index in [0.29, 0.717) is 24.0 Å². The van der Waals surface area contributed by atoms with E-state index in [0.717, 1.165) is 69.0 Å². The average molecular weight is 654 g/mol. The van der Waals surface area contributed by atoms with Crippen molar-refractivity contribution in [2.75, 3.05) is 20.1 Å². The molecule has 8 heteroatoms. The van der Waals surface area contributed by atoms with Crippen LogP contribution in [0.25, 0.3) is 0 Å². The molecule has 0 bridgehead atoms. The molecule has 0 aromatic rings. The molecule has 1 aliphatic carbocycles. The number of carbonyl (C=O) groups excluding carboxylic acids is 2. The Balaban J connectivity index is 0.00000518. The number of hydrogen-bond donors (Lipinski definition) is 4. The highest BCUT2D eigenvalue weighted by Crippen LogP contribution is 2.30. The molecule has 258 valence electrons. The number of allylic oxidation sites excluding steroid dienone is 8. The Morgan fingerprint density at radius 2 is 1.96 bits per heavy atom. The summed E-state index contributed by atoms with van der Waals surface area (Å²) in [6.45, 7) is 17.8. The minimum atomic E-state index is -0.608. The molecule has 1 saturated heterocycles. The first-order chi connectivity index (χ1) is 22.1. The van der Waals surface area contributed by atoms with Crippen molar-refractivity contribution in [3.05, 3.63) is 71.5 Å². The van der Waals surface area contributed by atoms with Gasteiger partial charge in [0, 0.05) is 49.3 Å². The molecule has 0 aromatic carbocycles. The van der Waals surface area contributed by atoms with E-state index >= 15 is 0 Å². The van der Waals surface area contributed by atoms with Crippen LogP contribution in [0.1, 0.15) is 99.3 Å². The van der Waals surface area contributed by atoms with Crippen LogP contribution in [0.4, 0.5) is 0 Å². The highest BCUT2D eigenvalue weighted by molar-refractivity contribution is 7.80. The van der Waals surface area contributed by atoms with Gasteiger partial charge in [0.05, 0.1) is 11.0 Å². The van der Waals surface area contributed by atoms with Gasteiger partial charge in [0.2, 0.25) is 5.91 Å². The second kappa shape index (κ2) is 23.5. The molecular formula is C38H63N5O2S. The van der Waals surface area contributed by atoms with Crippen LogP contribution >= 0.6 is 12.2 Å². The van der Waals surface area contributed by atoms with Crippen molar-refractivity contribution in [3.8, 4) is 0 Å². The summed E-state index contributed by atoms with van der Waals surface area (Å²) in [7, 11) is 2.17. The van der Waals surface area contributed by atoms with Gasteiger partial charge in [-0.05, 0) is 79.2 Å². The molecule has 46 heavy (non-hydrogen) atoms. The van der Waals surface area contributed by atoms with Crippen molar-refractivity contribution in [1.29, 1.82) is 0 Å². The van der Waals surface area contributed by atoms with Crippen molar-refractivity contribution in [1.82, 2.24) is 20.9 Å². The molecule has 5 N–H and O–H groups in total. The Kier molecular flexibility index (Phi) is 21.1. The molecule has 0 spiro atoms. The Morgan fingerprint density at radius 1 is 1.22 bits per heavy atom. The predicted octanol–water partition coefficient (Wildman–Crippen LogP) is 6.84. The predicted molar refractivity (Wildman–Crippen MR) is 201 cm³/mol. The van der Waals surface area contributed by atoms with Gasteiger partial charge in [-0.1, -0.05) is 98.8 Å². The summed E-state index contributed by atoms with van der Waals surface area (Å²) in [6.07, 6.45) is 23.4. The monoisotopic (exact) mass is 653 g/mol. The first kappa shape index (κ1) is 41.2. The number of thiocarbonyl (C=S) groups is 1. The van der Waals surface area contributed by atoms with E-state index in [9.17, 15) is 9.59 Å². The molecule has 5 atom stereocenters. The average Bonchev–Trinajstić information content (AvgIpc) is 3.26. The maximum absolute atomic E-state index is 12.9. The standard InChI is InChI=1S/C36H57N5O2S.C2H6/c1-7-10-30(11-8-2)22-32(37)23-36(43)40-34(25-42)31(24-39-28(5)44)16-17-33-18-19-35(41(33)6)27(4)38-21-20-29-13-9-12-26(3)14-15-29;1-2/h7,9-12,14-15,25,31-35,38H,4,8,13,16-24,37H2,1-3,5-6H3,(H,39,44)(H,40,43);1-2H3/b10-7-,30-11+;. The third kappa shape index (κ3) is 15.7. The van der Waals surface area contributed by atoms with Crippen LogP contribution in [0.2, 0.25) is 0 Å². The lowest BCUT2D eigenvalue weighted by Crippen LogP contribution is -2.47. The third-order valence-electron chi connectivity index (χ3n) is 8.64. The van der Waals surface area contributed by atoms with E-state index in [4.69, 9.17) is 18.0 Å². The summed E-state index contributed by atoms with van der Waals surface area (Å²) >= 11 is 5.26. The zero-order valence-corrected chi connectivity index (χ0v) is 30.6. The highest BCUT2D eigenvalue weighted by Gasteiger charge is 2.33. The number of rotatable bonds is 19. The number of hydrogen-bond acceptors (Lipinski definition) is 6. The summed E-state index contributed by atoms with van der Waals surface area (Å²) < 4.78 is 0. The zero-order chi connectivity index (χ0) is 34.5. The molecule has 1 amide bonds. The minimum absolute atomic E-state index is 0.0856. The number of likely N-dealkylation sites (tertiary alicyclic amines) is 1. The zero-order valence-electron chi connectivity index (χ0n) is 29.7. The fourth-order valence-corrected chi connectivity index (χ4v) is 6.23. The maximum atomic E-state index is 12.9. The topological polar surface area (TPSA) is 99.5 Å². The molecule has 1 heterocycles. The number of nitrogens with zero attached hydrogens (tertiary/aromatic N) is 1. The molecule has 7 nitrogen and oxygen atoms in total. The summed E-state index contributed by atoms with van der Waals surface area (Å²) in [5, 5.41) is 9.79. The number of nitrogens with one attached hydrogen (secondary N) is 3. The van der Waals surface area contributed by atoms with E-state index < -0.39 is 6.04 Å². The molecule has 2 rings (SSSR count). The minimum Gasteiger partial charge on any atom is -0.387 e. The van der Waals surface area contributed by atoms with Gasteiger partial charge in [0.15, 0.2) is 0 Å². The van der Waals surface area contributed by atoms with Crippen LogP contribution < -0.4 is 21.7 Å². The SMILES string of the molecule is C=C(NCCC1=CC=C(C)C=CC1)C1CCC(CCC(CNC(C)=S)C(C=O)NC(=O)CC(N)CC(/C=C\C)=C/CC)N1C.CC. The van der Waals surface area contributed by atoms with Gasteiger partial charge in [-0.25, -0.2) is 0 Å². The van der Waals surface area contributed by atoms with Crippen LogP contribution in [-0.2, 0) is 9.59 Å². The Morgan fingerprint density at radius 3 is 2.61 bits per heavy atom. The molecule has 0 radical (unpaired) electrons. The van der Waals surface area contributed by atoms with Gasteiger partial charge in [-0.3, -0.25) is 9.69 Å². The molecule has 1 fully saturated rings. The molecular weight excluding hydrogens is 591 g/mol. The first-order valence-electron chi connectivity index (χ1n) is 17.3. The fraction of sp³-hybridized carbons (Fsp3) is 0.605. The van der Waals surface area contributed by atoms with Gasteiger partial charge in [-0.2, -0.15) is 0 Å². The van der Waals surface area contributed by atoms with Gasteiger partial charge in [0.25, 0.3) is 0 Å². The first-order valence-corrected chi connectivity index (χ1v) is 17.7. The number of nitrogens with two attached hydrogens (primary N) is 1. The lowest BCUT2D eigenvalue weighted by atomic mass is 9.92. The molecule has 1 aliphatic heterocycles. The quantitative estimate of drug-likeness (QED) is 0.0689. The van der Waals surface area contributed by atoms with Crippen LogP contribution in [0.3, 0.4) is 0 Å². The molecule has 5 unspecified atom stereocenters. The molecule has 0 saturated carbocycles. The van der Waals surface area contributed by atoms with E-state index in [1.165, 1.54) is 11.1 Å². The van der Waals surface area contributed by atoms with E-state index in [2.05, 4.69) is 78.7 Å². The number of likely N-dealkylation sites (N-methyl/N-ethyl adjacent to an activating group) is 1. The summed E-state index contributed by atoms with van der Waals surface area (Å²) in [5.74, 6) is -0.283. The lowest BCUT2D eigenvalue weighted by molar-refractivity contribution is -0.125. The van der Waals surface area contributed by atoms with Crippen LogP contribution in [-0.4, -0.2) is 66.4 Å². The summed E-state index contributed by atoms with van der Waals surface area (Å²) in [4.78, 5) is 28.3. The van der Waals surface area contributed by atoms with Crippen molar-refractivity contribution in [2.24, 2.45) is 11.7 Å². The fourth-order valence-electron chi connectivity index (χ4n) is 6.14. The maximum Gasteiger partial charge on any atom is 0.222 e. The lowest BCUT2D eigenvalue weighted by Gasteiger charge is -2.30. The van der Waals surface area contributed by atoms with Gasteiger partial charge in [0.1, 0.15) is 6.29 Å². The van der Waals surface area contributed by atoms with Crippen molar-refractivity contribution >= 4 is 29.4 Å². The number of carbonyl (C=O) groups is 2. The molecule has 2 aliphatic rings. The number of aldehydes is 1. The van der Waals surface area contributed by atoms with Gasteiger partial charge >= 0.3 is 0 Å². The Bertz CT molecular complexity index is 1120.